The van der Waals surface area contributed by atoms with Gasteiger partial charge in [0, 0.05) is 13.1 Å². The van der Waals surface area contributed by atoms with Gasteiger partial charge in [-0.2, -0.15) is 0 Å². The van der Waals surface area contributed by atoms with Crippen LogP contribution in [-0.4, -0.2) is 53.1 Å². The second kappa shape index (κ2) is 6.77. The van der Waals surface area contributed by atoms with E-state index in [9.17, 15) is 14.4 Å². The third kappa shape index (κ3) is 3.70. The van der Waals surface area contributed by atoms with Crippen molar-refractivity contribution in [1.29, 1.82) is 0 Å². The quantitative estimate of drug-likeness (QED) is 0.609. The molecule has 0 aromatic heterocycles. The van der Waals surface area contributed by atoms with Crippen LogP contribution in [0.5, 0.6) is 0 Å². The highest BCUT2D eigenvalue weighted by Crippen LogP contribution is 2.09. The van der Waals surface area contributed by atoms with Crippen molar-refractivity contribution in [2.45, 2.75) is 31.8 Å². The highest BCUT2D eigenvalue weighted by atomic mass is 16.4. The highest BCUT2D eigenvalue weighted by molar-refractivity contribution is 5.89. The molecule has 1 rings (SSSR count). The van der Waals surface area contributed by atoms with Gasteiger partial charge in [-0.1, -0.05) is 13.0 Å². The summed E-state index contributed by atoms with van der Waals surface area (Å²) >= 11 is 0. The monoisotopic (exact) mass is 269 g/mol. The Labute approximate surface area is 111 Å². The first-order chi connectivity index (χ1) is 9.01. The summed E-state index contributed by atoms with van der Waals surface area (Å²) in [7, 11) is 0. The molecule has 1 heterocycles. The zero-order valence-electron chi connectivity index (χ0n) is 10.9. The van der Waals surface area contributed by atoms with Crippen molar-refractivity contribution >= 4 is 17.9 Å². The van der Waals surface area contributed by atoms with Crippen LogP contribution in [0.25, 0.3) is 0 Å². The number of aliphatic carboxylic acids is 1. The van der Waals surface area contributed by atoms with E-state index in [4.69, 9.17) is 5.11 Å². The molecule has 1 saturated heterocycles. The van der Waals surface area contributed by atoms with Crippen LogP contribution in [0.4, 0.5) is 4.79 Å². The first-order valence-electron chi connectivity index (χ1n) is 6.19. The van der Waals surface area contributed by atoms with E-state index in [1.165, 1.54) is 11.0 Å². The second-order valence-corrected chi connectivity index (χ2v) is 4.27. The van der Waals surface area contributed by atoms with Crippen molar-refractivity contribution < 1.29 is 19.5 Å². The van der Waals surface area contributed by atoms with Gasteiger partial charge in [0.15, 0.2) is 0 Å². The Bertz CT molecular complexity index is 383. The van der Waals surface area contributed by atoms with E-state index in [1.807, 2.05) is 0 Å². The number of carbonyl (C=O) groups excluding carboxylic acids is 2. The average molecular weight is 269 g/mol. The van der Waals surface area contributed by atoms with Crippen molar-refractivity contribution in [2.75, 3.05) is 13.1 Å². The van der Waals surface area contributed by atoms with E-state index in [0.717, 1.165) is 0 Å². The average Bonchev–Trinajstić information content (AvgIpc) is 2.37. The molecule has 0 radical (unpaired) electrons. The lowest BCUT2D eigenvalue weighted by Gasteiger charge is -2.35. The molecule has 2 atom stereocenters. The molecular weight excluding hydrogens is 250 g/mol. The second-order valence-electron chi connectivity index (χ2n) is 4.27. The molecule has 0 aliphatic carbocycles. The molecular formula is C12H19N3O4. The van der Waals surface area contributed by atoms with Gasteiger partial charge in [-0.25, -0.2) is 9.59 Å². The maximum absolute atomic E-state index is 12.0. The Hall–Kier alpha value is -2.05. The zero-order chi connectivity index (χ0) is 14.4. The van der Waals surface area contributed by atoms with E-state index in [0.29, 0.717) is 19.5 Å². The van der Waals surface area contributed by atoms with Crippen molar-refractivity contribution in [1.82, 2.24) is 15.5 Å². The maximum Gasteiger partial charge on any atom is 0.326 e. The molecule has 1 aliphatic rings. The van der Waals surface area contributed by atoms with Gasteiger partial charge >= 0.3 is 12.0 Å². The summed E-state index contributed by atoms with van der Waals surface area (Å²) in [5.41, 5.74) is 0. The predicted octanol–water partition coefficient (Wildman–Crippen LogP) is -0.0643. The first-order valence-corrected chi connectivity index (χ1v) is 6.19. The SMILES string of the molecule is C=CCC(NC(=O)N1CCNC(=O)C1CC)C(=O)O. The number of amides is 3. The van der Waals surface area contributed by atoms with Gasteiger partial charge in [-0.3, -0.25) is 4.79 Å². The third-order valence-corrected chi connectivity index (χ3v) is 2.98. The maximum atomic E-state index is 12.0. The zero-order valence-corrected chi connectivity index (χ0v) is 10.9. The molecule has 0 saturated carbocycles. The number of nitrogens with one attached hydrogen (secondary N) is 2. The van der Waals surface area contributed by atoms with Crippen LogP contribution in [-0.2, 0) is 9.59 Å². The van der Waals surface area contributed by atoms with Crippen molar-refractivity contribution in [3.05, 3.63) is 12.7 Å². The van der Waals surface area contributed by atoms with Crippen LogP contribution >= 0.6 is 0 Å². The first kappa shape index (κ1) is 15.0. The topological polar surface area (TPSA) is 98.7 Å². The number of urea groups is 1. The van der Waals surface area contributed by atoms with Gasteiger partial charge in [0.25, 0.3) is 0 Å². The Kier molecular flexibility index (Phi) is 5.35. The molecule has 1 fully saturated rings. The van der Waals surface area contributed by atoms with E-state index >= 15 is 0 Å². The number of rotatable bonds is 5. The van der Waals surface area contributed by atoms with Gasteiger partial charge in [0.1, 0.15) is 12.1 Å². The Morgan fingerprint density at radius 2 is 2.37 bits per heavy atom. The number of carboxylic acids is 1. The standard InChI is InChI=1S/C12H19N3O4/c1-3-5-8(11(17)18)14-12(19)15-7-6-13-10(16)9(15)4-2/h3,8-9H,1,4-7H2,2H3,(H,13,16)(H,14,19)(H,17,18). The minimum Gasteiger partial charge on any atom is -0.480 e. The fourth-order valence-electron chi connectivity index (χ4n) is 1.98. The number of carboxylic acid groups (broad SMARTS) is 1. The minimum absolute atomic E-state index is 0.137. The van der Waals surface area contributed by atoms with Crippen molar-refractivity contribution in [2.24, 2.45) is 0 Å². The van der Waals surface area contributed by atoms with Crippen LogP contribution in [0.15, 0.2) is 12.7 Å². The normalized spacial score (nSPS) is 20.4. The lowest BCUT2D eigenvalue weighted by molar-refractivity contribution is -0.139. The van der Waals surface area contributed by atoms with Gasteiger partial charge in [-0.15, -0.1) is 6.58 Å². The molecule has 7 nitrogen and oxygen atoms in total. The minimum atomic E-state index is -1.12. The van der Waals surface area contributed by atoms with Crippen molar-refractivity contribution in [3.8, 4) is 0 Å². The molecule has 106 valence electrons. The highest BCUT2D eigenvalue weighted by Gasteiger charge is 2.33. The number of carbonyl (C=O) groups is 3. The summed E-state index contributed by atoms with van der Waals surface area (Å²) < 4.78 is 0. The van der Waals surface area contributed by atoms with E-state index < -0.39 is 24.1 Å². The molecule has 2 unspecified atom stereocenters. The third-order valence-electron chi connectivity index (χ3n) is 2.98. The van der Waals surface area contributed by atoms with Gasteiger partial charge in [0.05, 0.1) is 0 Å². The van der Waals surface area contributed by atoms with Crippen LogP contribution < -0.4 is 10.6 Å². The van der Waals surface area contributed by atoms with E-state index in [2.05, 4.69) is 17.2 Å². The van der Waals surface area contributed by atoms with Crippen molar-refractivity contribution in [3.63, 3.8) is 0 Å². The number of nitrogens with zero attached hydrogens (tertiary/aromatic N) is 1. The van der Waals surface area contributed by atoms with Gasteiger partial charge in [0.2, 0.25) is 5.91 Å². The molecule has 0 aromatic carbocycles. The smallest absolute Gasteiger partial charge is 0.326 e. The fraction of sp³-hybridized carbons (Fsp3) is 0.583. The summed E-state index contributed by atoms with van der Waals surface area (Å²) in [6, 6.07) is -2.10. The molecule has 3 N–H and O–H groups in total. The van der Waals surface area contributed by atoms with Crippen LogP contribution in [0, 0.1) is 0 Å². The predicted molar refractivity (Wildman–Crippen MR) is 68.6 cm³/mol. The molecule has 0 spiro atoms. The molecule has 19 heavy (non-hydrogen) atoms. The summed E-state index contributed by atoms with van der Waals surface area (Å²) in [5.74, 6) is -1.33. The van der Waals surface area contributed by atoms with Crippen LogP contribution in [0.3, 0.4) is 0 Å². The van der Waals surface area contributed by atoms with E-state index in [-0.39, 0.29) is 12.3 Å². The summed E-state index contributed by atoms with van der Waals surface area (Å²) in [4.78, 5) is 36.0. The summed E-state index contributed by atoms with van der Waals surface area (Å²) in [5, 5.41) is 14.1. The molecule has 0 bridgehead atoms. The Balaban J connectivity index is 2.72. The fourth-order valence-corrected chi connectivity index (χ4v) is 1.98. The lowest BCUT2D eigenvalue weighted by Crippen LogP contribution is -2.60. The molecule has 1 aliphatic heterocycles. The lowest BCUT2D eigenvalue weighted by atomic mass is 10.1. The Morgan fingerprint density at radius 3 is 2.89 bits per heavy atom. The van der Waals surface area contributed by atoms with Crippen LogP contribution in [0.2, 0.25) is 0 Å². The number of piperazine rings is 1. The molecule has 0 aromatic rings. The Morgan fingerprint density at radius 1 is 1.68 bits per heavy atom. The number of hydrogen-bond donors (Lipinski definition) is 3. The van der Waals surface area contributed by atoms with Gasteiger partial charge < -0.3 is 20.6 Å². The van der Waals surface area contributed by atoms with E-state index in [1.54, 1.807) is 6.92 Å². The molecule has 3 amide bonds. The summed E-state index contributed by atoms with van der Waals surface area (Å²) in [6.45, 7) is 6.00. The molecule has 7 heteroatoms. The van der Waals surface area contributed by atoms with Crippen LogP contribution in [0.1, 0.15) is 19.8 Å². The van der Waals surface area contributed by atoms with Gasteiger partial charge in [-0.05, 0) is 12.8 Å². The number of hydrogen-bond acceptors (Lipinski definition) is 3. The largest absolute Gasteiger partial charge is 0.480 e. The summed E-state index contributed by atoms with van der Waals surface area (Å²) in [6.07, 6.45) is 2.05.